The van der Waals surface area contributed by atoms with Gasteiger partial charge in [0, 0.05) is 22.8 Å². The van der Waals surface area contributed by atoms with Gasteiger partial charge in [-0.2, -0.15) is 0 Å². The second kappa shape index (κ2) is 5.90. The van der Waals surface area contributed by atoms with Crippen molar-refractivity contribution in [2.24, 2.45) is 10.9 Å². The third-order valence-electron chi connectivity index (χ3n) is 2.25. The van der Waals surface area contributed by atoms with Gasteiger partial charge in [0.25, 0.3) is 0 Å². The average molecular weight is 343 g/mol. The molecule has 0 aliphatic heterocycles. The quantitative estimate of drug-likeness (QED) is 0.388. The SMILES string of the molecule is N/C(=N\O)c1ccnc(Oc2ccc(Cl)cc2Br)c1. The lowest BCUT2D eigenvalue weighted by molar-refractivity contribution is 0.318. The van der Waals surface area contributed by atoms with Crippen molar-refractivity contribution in [2.45, 2.75) is 0 Å². The molecule has 0 spiro atoms. The molecule has 0 amide bonds. The number of amidine groups is 1. The van der Waals surface area contributed by atoms with Crippen LogP contribution in [0.5, 0.6) is 11.6 Å². The molecule has 0 fully saturated rings. The molecule has 0 aliphatic carbocycles. The zero-order valence-corrected chi connectivity index (χ0v) is 11.9. The zero-order valence-electron chi connectivity index (χ0n) is 9.55. The third kappa shape index (κ3) is 3.36. The standard InChI is InChI=1S/C12H9BrClN3O2/c13-9-6-8(14)1-2-10(9)19-11-5-7(3-4-16-11)12(15)17-18/h1-6,18H,(H2,15,17). The molecule has 2 aromatic rings. The van der Waals surface area contributed by atoms with Crippen molar-refractivity contribution in [3.63, 3.8) is 0 Å². The van der Waals surface area contributed by atoms with Crippen LogP contribution < -0.4 is 10.5 Å². The fourth-order valence-electron chi connectivity index (χ4n) is 1.35. The van der Waals surface area contributed by atoms with Crippen LogP contribution in [0.4, 0.5) is 0 Å². The summed E-state index contributed by atoms with van der Waals surface area (Å²) in [5, 5.41) is 12.1. The number of hydrogen-bond donors (Lipinski definition) is 2. The molecule has 0 aliphatic rings. The van der Waals surface area contributed by atoms with Crippen LogP contribution in [0.3, 0.4) is 0 Å². The largest absolute Gasteiger partial charge is 0.438 e. The Hall–Kier alpha value is -1.79. The van der Waals surface area contributed by atoms with Gasteiger partial charge < -0.3 is 15.7 Å². The van der Waals surface area contributed by atoms with Crippen molar-refractivity contribution >= 4 is 33.4 Å². The Kier molecular flexibility index (Phi) is 4.24. The Bertz CT molecular complexity index is 634. The first-order valence-electron chi connectivity index (χ1n) is 5.17. The summed E-state index contributed by atoms with van der Waals surface area (Å²) in [6.45, 7) is 0. The van der Waals surface area contributed by atoms with Gasteiger partial charge in [-0.1, -0.05) is 16.8 Å². The van der Waals surface area contributed by atoms with E-state index >= 15 is 0 Å². The fourth-order valence-corrected chi connectivity index (χ4v) is 2.12. The predicted octanol–water partition coefficient (Wildman–Crippen LogP) is 3.38. The monoisotopic (exact) mass is 341 g/mol. The van der Waals surface area contributed by atoms with E-state index < -0.39 is 0 Å². The highest BCUT2D eigenvalue weighted by Crippen LogP contribution is 2.31. The smallest absolute Gasteiger partial charge is 0.219 e. The summed E-state index contributed by atoms with van der Waals surface area (Å²) in [4.78, 5) is 4.05. The van der Waals surface area contributed by atoms with Crippen molar-refractivity contribution in [3.05, 3.63) is 51.6 Å². The second-order valence-electron chi connectivity index (χ2n) is 3.54. The first kappa shape index (κ1) is 13.6. The van der Waals surface area contributed by atoms with Crippen LogP contribution in [-0.4, -0.2) is 16.0 Å². The lowest BCUT2D eigenvalue weighted by atomic mass is 10.2. The Morgan fingerprint density at radius 3 is 2.84 bits per heavy atom. The minimum atomic E-state index is -0.0116. The highest BCUT2D eigenvalue weighted by Gasteiger charge is 2.07. The van der Waals surface area contributed by atoms with Crippen LogP contribution in [0.1, 0.15) is 5.56 Å². The molecule has 98 valence electrons. The minimum absolute atomic E-state index is 0.0116. The van der Waals surface area contributed by atoms with E-state index in [-0.39, 0.29) is 5.84 Å². The first-order valence-corrected chi connectivity index (χ1v) is 6.34. The Morgan fingerprint density at radius 1 is 1.37 bits per heavy atom. The van der Waals surface area contributed by atoms with Gasteiger partial charge >= 0.3 is 0 Å². The molecule has 1 aromatic heterocycles. The maximum Gasteiger partial charge on any atom is 0.219 e. The number of nitrogens with zero attached hydrogens (tertiary/aromatic N) is 2. The van der Waals surface area contributed by atoms with Gasteiger partial charge in [0.1, 0.15) is 5.75 Å². The molecule has 0 saturated heterocycles. The first-order chi connectivity index (χ1) is 9.10. The van der Waals surface area contributed by atoms with Crippen molar-refractivity contribution in [3.8, 4) is 11.6 Å². The number of benzene rings is 1. The van der Waals surface area contributed by atoms with Crippen LogP contribution in [0.15, 0.2) is 46.2 Å². The lowest BCUT2D eigenvalue weighted by Gasteiger charge is -2.08. The molecule has 3 N–H and O–H groups in total. The van der Waals surface area contributed by atoms with Gasteiger partial charge in [0.15, 0.2) is 5.84 Å². The van der Waals surface area contributed by atoms with Gasteiger partial charge in [-0.25, -0.2) is 4.98 Å². The van der Waals surface area contributed by atoms with E-state index in [1.807, 2.05) is 0 Å². The van der Waals surface area contributed by atoms with Gasteiger partial charge in [-0.3, -0.25) is 0 Å². The van der Waals surface area contributed by atoms with E-state index in [4.69, 9.17) is 27.3 Å². The summed E-state index contributed by atoms with van der Waals surface area (Å²) in [6, 6.07) is 8.30. The average Bonchev–Trinajstić information content (AvgIpc) is 2.41. The molecule has 2 rings (SSSR count). The zero-order chi connectivity index (χ0) is 13.8. The number of rotatable bonds is 3. The molecule has 1 aromatic carbocycles. The molecular weight excluding hydrogens is 334 g/mol. The van der Waals surface area contributed by atoms with Crippen LogP contribution in [0.25, 0.3) is 0 Å². The molecule has 0 atom stereocenters. The fraction of sp³-hybridized carbons (Fsp3) is 0. The molecule has 7 heteroatoms. The summed E-state index contributed by atoms with van der Waals surface area (Å²) in [7, 11) is 0. The van der Waals surface area contributed by atoms with Crippen LogP contribution in [0, 0.1) is 0 Å². The molecular formula is C12H9BrClN3O2. The number of pyridine rings is 1. The van der Waals surface area contributed by atoms with Crippen LogP contribution >= 0.6 is 27.5 Å². The van der Waals surface area contributed by atoms with Gasteiger partial charge in [-0.05, 0) is 40.2 Å². The van der Waals surface area contributed by atoms with E-state index in [1.54, 1.807) is 30.3 Å². The maximum atomic E-state index is 8.62. The van der Waals surface area contributed by atoms with E-state index in [9.17, 15) is 0 Å². The number of hydrogen-bond acceptors (Lipinski definition) is 4. The van der Waals surface area contributed by atoms with Crippen LogP contribution in [-0.2, 0) is 0 Å². The van der Waals surface area contributed by atoms with Crippen molar-refractivity contribution in [2.75, 3.05) is 0 Å². The highest BCUT2D eigenvalue weighted by molar-refractivity contribution is 9.10. The summed E-state index contributed by atoms with van der Waals surface area (Å²) in [5.74, 6) is 0.878. The number of ether oxygens (including phenoxy) is 1. The lowest BCUT2D eigenvalue weighted by Crippen LogP contribution is -2.13. The van der Waals surface area contributed by atoms with Crippen molar-refractivity contribution in [1.29, 1.82) is 0 Å². The summed E-state index contributed by atoms with van der Waals surface area (Å²) >= 11 is 9.18. The van der Waals surface area contributed by atoms with Gasteiger partial charge in [0.05, 0.1) is 4.47 Å². The van der Waals surface area contributed by atoms with Crippen molar-refractivity contribution < 1.29 is 9.94 Å². The van der Waals surface area contributed by atoms with Crippen molar-refractivity contribution in [1.82, 2.24) is 4.98 Å². The topological polar surface area (TPSA) is 80.7 Å². The Labute approximate surface area is 122 Å². The molecule has 19 heavy (non-hydrogen) atoms. The maximum absolute atomic E-state index is 8.62. The Morgan fingerprint density at radius 2 is 2.16 bits per heavy atom. The number of halogens is 2. The van der Waals surface area contributed by atoms with Gasteiger partial charge in [-0.15, -0.1) is 0 Å². The van der Waals surface area contributed by atoms with E-state index in [2.05, 4.69) is 26.1 Å². The third-order valence-corrected chi connectivity index (χ3v) is 3.10. The number of aromatic nitrogens is 1. The van der Waals surface area contributed by atoms with E-state index in [0.717, 1.165) is 0 Å². The van der Waals surface area contributed by atoms with E-state index in [1.165, 1.54) is 6.20 Å². The molecule has 0 unspecified atom stereocenters. The van der Waals surface area contributed by atoms with Crippen LogP contribution in [0.2, 0.25) is 5.02 Å². The number of oxime groups is 1. The molecule has 1 heterocycles. The molecule has 0 radical (unpaired) electrons. The highest BCUT2D eigenvalue weighted by atomic mass is 79.9. The minimum Gasteiger partial charge on any atom is -0.438 e. The molecule has 5 nitrogen and oxygen atoms in total. The van der Waals surface area contributed by atoms with E-state index in [0.29, 0.717) is 26.7 Å². The summed E-state index contributed by atoms with van der Waals surface area (Å²) in [5.41, 5.74) is 6.01. The second-order valence-corrected chi connectivity index (χ2v) is 4.84. The molecule has 0 bridgehead atoms. The predicted molar refractivity (Wildman–Crippen MR) is 76.0 cm³/mol. The van der Waals surface area contributed by atoms with Gasteiger partial charge in [0.2, 0.25) is 5.88 Å². The Balaban J connectivity index is 2.28. The summed E-state index contributed by atoms with van der Waals surface area (Å²) in [6.07, 6.45) is 1.51. The summed E-state index contributed by atoms with van der Waals surface area (Å²) < 4.78 is 6.30. The number of nitrogens with two attached hydrogens (primary N) is 1. The normalized spacial score (nSPS) is 11.4. The molecule has 0 saturated carbocycles.